The zero-order valence-corrected chi connectivity index (χ0v) is 14.8. The molecule has 0 saturated carbocycles. The molecule has 0 saturated heterocycles. The molecule has 1 heterocycles. The number of aromatic nitrogens is 3. The first kappa shape index (κ1) is 17.6. The number of ether oxygens (including phenoxy) is 1. The highest BCUT2D eigenvalue weighted by Crippen LogP contribution is 2.21. The zero-order valence-electron chi connectivity index (χ0n) is 14.0. The maximum absolute atomic E-state index is 12.6. The SMILES string of the molecule is Cc1ccccc1-n1c(C)nnc1S(=O)(=O)CCCOC(C)C. The summed E-state index contributed by atoms with van der Waals surface area (Å²) in [5, 5.41) is 7.86. The number of rotatable bonds is 7. The van der Waals surface area contributed by atoms with E-state index < -0.39 is 9.84 Å². The van der Waals surface area contributed by atoms with Gasteiger partial charge in [0.15, 0.2) is 0 Å². The quantitative estimate of drug-likeness (QED) is 0.726. The predicted octanol–water partition coefficient (Wildman–Crippen LogP) is 2.47. The third kappa shape index (κ3) is 4.17. The molecule has 7 heteroatoms. The standard InChI is InChI=1S/C16H23N3O3S/c1-12(2)22-10-7-11-23(20,21)16-18-17-14(4)19(16)15-9-6-5-8-13(15)3/h5-6,8-9,12H,7,10-11H2,1-4H3. The van der Waals surface area contributed by atoms with Gasteiger partial charge in [-0.2, -0.15) is 0 Å². The summed E-state index contributed by atoms with van der Waals surface area (Å²) in [6, 6.07) is 7.58. The van der Waals surface area contributed by atoms with Gasteiger partial charge in [0.25, 0.3) is 5.16 Å². The maximum atomic E-state index is 12.6. The normalized spacial score (nSPS) is 12.0. The number of para-hydroxylation sites is 1. The number of hydrogen-bond acceptors (Lipinski definition) is 5. The van der Waals surface area contributed by atoms with Gasteiger partial charge in [0.1, 0.15) is 5.82 Å². The van der Waals surface area contributed by atoms with Crippen LogP contribution in [0.4, 0.5) is 0 Å². The van der Waals surface area contributed by atoms with Crippen molar-refractivity contribution in [1.29, 1.82) is 0 Å². The average Bonchev–Trinajstić information content (AvgIpc) is 2.87. The second kappa shape index (κ2) is 7.23. The van der Waals surface area contributed by atoms with Crippen molar-refractivity contribution in [2.75, 3.05) is 12.4 Å². The Morgan fingerprint density at radius 3 is 2.52 bits per heavy atom. The van der Waals surface area contributed by atoms with Gasteiger partial charge in [0.2, 0.25) is 9.84 Å². The van der Waals surface area contributed by atoms with Crippen LogP contribution in [0.2, 0.25) is 0 Å². The Morgan fingerprint density at radius 1 is 1.17 bits per heavy atom. The minimum atomic E-state index is -3.52. The van der Waals surface area contributed by atoms with Crippen LogP contribution in [0.5, 0.6) is 0 Å². The van der Waals surface area contributed by atoms with Crippen molar-refractivity contribution < 1.29 is 13.2 Å². The number of hydrogen-bond donors (Lipinski definition) is 0. The first-order chi connectivity index (χ1) is 10.8. The molecule has 1 aromatic carbocycles. The third-order valence-electron chi connectivity index (χ3n) is 3.44. The lowest BCUT2D eigenvalue weighted by atomic mass is 10.2. The molecule has 0 aliphatic carbocycles. The summed E-state index contributed by atoms with van der Waals surface area (Å²) in [6.45, 7) is 7.94. The molecule has 0 radical (unpaired) electrons. The first-order valence-electron chi connectivity index (χ1n) is 7.65. The van der Waals surface area contributed by atoms with E-state index in [9.17, 15) is 8.42 Å². The fraction of sp³-hybridized carbons (Fsp3) is 0.500. The van der Waals surface area contributed by atoms with Crippen LogP contribution in [0.25, 0.3) is 5.69 Å². The molecular weight excluding hydrogens is 314 g/mol. The van der Waals surface area contributed by atoms with Crippen LogP contribution < -0.4 is 0 Å². The Kier molecular flexibility index (Phi) is 5.54. The van der Waals surface area contributed by atoms with Crippen LogP contribution in [-0.4, -0.2) is 41.6 Å². The number of nitrogens with zero attached hydrogens (tertiary/aromatic N) is 3. The molecular formula is C16H23N3O3S. The van der Waals surface area contributed by atoms with Gasteiger partial charge in [-0.05, 0) is 45.7 Å². The van der Waals surface area contributed by atoms with Gasteiger partial charge in [-0.25, -0.2) is 8.42 Å². The predicted molar refractivity (Wildman–Crippen MR) is 88.6 cm³/mol. The summed E-state index contributed by atoms with van der Waals surface area (Å²) in [7, 11) is -3.52. The first-order valence-corrected chi connectivity index (χ1v) is 9.30. The monoisotopic (exact) mass is 337 g/mol. The molecule has 2 rings (SSSR count). The molecule has 6 nitrogen and oxygen atoms in total. The van der Waals surface area contributed by atoms with Gasteiger partial charge in [0.05, 0.1) is 17.5 Å². The van der Waals surface area contributed by atoms with E-state index in [2.05, 4.69) is 10.2 Å². The van der Waals surface area contributed by atoms with Gasteiger partial charge in [-0.1, -0.05) is 18.2 Å². The van der Waals surface area contributed by atoms with Crippen LogP contribution in [0.15, 0.2) is 29.4 Å². The Hall–Kier alpha value is -1.73. The lowest BCUT2D eigenvalue weighted by Crippen LogP contribution is -2.16. The van der Waals surface area contributed by atoms with Crippen LogP contribution in [-0.2, 0) is 14.6 Å². The van der Waals surface area contributed by atoms with Gasteiger partial charge < -0.3 is 4.74 Å². The van der Waals surface area contributed by atoms with Crippen LogP contribution in [0, 0.1) is 13.8 Å². The minimum Gasteiger partial charge on any atom is -0.379 e. The molecule has 0 fully saturated rings. The summed E-state index contributed by atoms with van der Waals surface area (Å²) < 4.78 is 32.2. The van der Waals surface area contributed by atoms with Gasteiger partial charge in [0, 0.05) is 6.61 Å². The van der Waals surface area contributed by atoms with Gasteiger partial charge in [-0.15, -0.1) is 10.2 Å². The molecule has 0 atom stereocenters. The molecule has 126 valence electrons. The highest BCUT2D eigenvalue weighted by Gasteiger charge is 2.24. The smallest absolute Gasteiger partial charge is 0.254 e. The van der Waals surface area contributed by atoms with E-state index >= 15 is 0 Å². The Labute approximate surface area is 137 Å². The molecule has 0 unspecified atom stereocenters. The summed E-state index contributed by atoms with van der Waals surface area (Å²) in [6.07, 6.45) is 0.524. The molecule has 1 aromatic heterocycles. The van der Waals surface area contributed by atoms with E-state index in [0.717, 1.165) is 11.3 Å². The van der Waals surface area contributed by atoms with Crippen molar-refractivity contribution in [2.24, 2.45) is 0 Å². The molecule has 0 amide bonds. The van der Waals surface area contributed by atoms with E-state index in [1.807, 2.05) is 45.0 Å². The van der Waals surface area contributed by atoms with Gasteiger partial charge in [-0.3, -0.25) is 4.57 Å². The lowest BCUT2D eigenvalue weighted by Gasteiger charge is -2.12. The number of benzene rings is 1. The minimum absolute atomic E-state index is 0.00570. The lowest BCUT2D eigenvalue weighted by molar-refractivity contribution is 0.0797. The van der Waals surface area contributed by atoms with Crippen molar-refractivity contribution in [3.63, 3.8) is 0 Å². The van der Waals surface area contributed by atoms with E-state index in [-0.39, 0.29) is 17.0 Å². The van der Waals surface area contributed by atoms with E-state index in [1.165, 1.54) is 0 Å². The largest absolute Gasteiger partial charge is 0.379 e. The topological polar surface area (TPSA) is 74.1 Å². The van der Waals surface area contributed by atoms with Crippen molar-refractivity contribution in [1.82, 2.24) is 14.8 Å². The van der Waals surface area contributed by atoms with Crippen molar-refractivity contribution in [2.45, 2.75) is 45.4 Å². The summed E-state index contributed by atoms with van der Waals surface area (Å²) in [4.78, 5) is 0. The van der Waals surface area contributed by atoms with Crippen molar-refractivity contribution in [3.05, 3.63) is 35.7 Å². The second-order valence-corrected chi connectivity index (χ2v) is 7.75. The summed E-state index contributed by atoms with van der Waals surface area (Å²) >= 11 is 0. The fourth-order valence-electron chi connectivity index (χ4n) is 2.30. The van der Waals surface area contributed by atoms with Crippen molar-refractivity contribution >= 4 is 9.84 Å². The fourth-order valence-corrected chi connectivity index (χ4v) is 3.65. The Bertz CT molecular complexity index is 767. The highest BCUT2D eigenvalue weighted by atomic mass is 32.2. The van der Waals surface area contributed by atoms with Crippen molar-refractivity contribution in [3.8, 4) is 5.69 Å². The molecule has 2 aromatic rings. The van der Waals surface area contributed by atoms with E-state index in [0.29, 0.717) is 18.9 Å². The van der Waals surface area contributed by atoms with Crippen LogP contribution >= 0.6 is 0 Å². The molecule has 0 aliphatic rings. The molecule has 0 spiro atoms. The molecule has 0 aliphatic heterocycles. The van der Waals surface area contributed by atoms with Crippen LogP contribution in [0.1, 0.15) is 31.7 Å². The maximum Gasteiger partial charge on any atom is 0.254 e. The molecule has 0 N–H and O–H groups in total. The third-order valence-corrected chi connectivity index (χ3v) is 5.08. The molecule has 23 heavy (non-hydrogen) atoms. The van der Waals surface area contributed by atoms with E-state index in [1.54, 1.807) is 11.5 Å². The second-order valence-electron chi connectivity index (χ2n) is 5.74. The number of aryl methyl sites for hydroxylation is 2. The highest BCUT2D eigenvalue weighted by molar-refractivity contribution is 7.91. The summed E-state index contributed by atoms with van der Waals surface area (Å²) in [5.74, 6) is 0.542. The van der Waals surface area contributed by atoms with E-state index in [4.69, 9.17) is 4.74 Å². The summed E-state index contributed by atoms with van der Waals surface area (Å²) in [5.41, 5.74) is 1.75. The average molecular weight is 337 g/mol. The Balaban J connectivity index is 2.29. The number of sulfone groups is 1. The van der Waals surface area contributed by atoms with Crippen LogP contribution in [0.3, 0.4) is 0 Å². The Morgan fingerprint density at radius 2 is 1.87 bits per heavy atom. The zero-order chi connectivity index (χ0) is 17.0. The molecule has 0 bridgehead atoms. The van der Waals surface area contributed by atoms with Gasteiger partial charge >= 0.3 is 0 Å².